The van der Waals surface area contributed by atoms with Crippen LogP contribution in [0.4, 0.5) is 26.3 Å². The minimum absolute atomic E-state index is 0.0291. The van der Waals surface area contributed by atoms with E-state index in [1.165, 1.54) is 4.90 Å². The molecule has 2 aromatic heterocycles. The van der Waals surface area contributed by atoms with Gasteiger partial charge in [-0.1, -0.05) is 18.2 Å². The molecule has 1 aliphatic heterocycles. The molecule has 0 bridgehead atoms. The highest BCUT2D eigenvalue weighted by Gasteiger charge is 2.39. The van der Waals surface area contributed by atoms with Crippen LogP contribution in [0.2, 0.25) is 0 Å². The van der Waals surface area contributed by atoms with Crippen molar-refractivity contribution in [3.63, 3.8) is 0 Å². The van der Waals surface area contributed by atoms with Gasteiger partial charge in [0.05, 0.1) is 11.1 Å². The molecule has 0 radical (unpaired) electrons. The maximum absolute atomic E-state index is 13.7. The zero-order valence-electron chi connectivity index (χ0n) is 22.9. The highest BCUT2D eigenvalue weighted by Crippen LogP contribution is 2.37. The first-order chi connectivity index (χ1) is 19.8. The number of aromatic nitrogens is 4. The summed E-state index contributed by atoms with van der Waals surface area (Å²) in [4.78, 5) is 22.3. The van der Waals surface area contributed by atoms with Crippen LogP contribution < -0.4 is 0 Å². The molecule has 8 nitrogen and oxygen atoms in total. The molecular weight excluding hydrogens is 564 g/mol. The van der Waals surface area contributed by atoms with Crippen molar-refractivity contribution in [3.05, 3.63) is 82.3 Å². The first kappa shape index (κ1) is 29.6. The molecule has 1 fully saturated rings. The molecule has 5 rings (SSSR count). The van der Waals surface area contributed by atoms with Crippen molar-refractivity contribution in [2.75, 3.05) is 33.7 Å². The Kier molecular flexibility index (Phi) is 8.03. The molecule has 3 heterocycles. The van der Waals surface area contributed by atoms with Gasteiger partial charge in [0.25, 0.3) is 5.91 Å². The van der Waals surface area contributed by atoms with Gasteiger partial charge in [-0.3, -0.25) is 9.69 Å². The van der Waals surface area contributed by atoms with E-state index < -0.39 is 41.0 Å². The summed E-state index contributed by atoms with van der Waals surface area (Å²) in [6.45, 7) is 1.73. The third-order valence-corrected chi connectivity index (χ3v) is 7.34. The van der Waals surface area contributed by atoms with E-state index >= 15 is 0 Å². The largest absolute Gasteiger partial charge is 0.416 e. The summed E-state index contributed by atoms with van der Waals surface area (Å²) in [6, 6.07) is 8.03. The Morgan fingerprint density at radius 1 is 0.976 bits per heavy atom. The first-order valence-corrected chi connectivity index (χ1v) is 13.2. The topological polar surface area (TPSA) is 84.2 Å². The number of halogens is 6. The summed E-state index contributed by atoms with van der Waals surface area (Å²) in [5.74, 6) is -0.883. The monoisotopic (exact) mass is 593 g/mol. The molecule has 1 saturated heterocycles. The number of H-pyrrole nitrogens is 2. The first-order valence-electron chi connectivity index (χ1n) is 13.2. The second-order valence-electron chi connectivity index (χ2n) is 10.7. The van der Waals surface area contributed by atoms with Crippen molar-refractivity contribution < 1.29 is 31.1 Å². The van der Waals surface area contributed by atoms with Crippen molar-refractivity contribution in [2.45, 2.75) is 37.9 Å². The predicted molar refractivity (Wildman–Crippen MR) is 142 cm³/mol. The van der Waals surface area contributed by atoms with Crippen LogP contribution in [-0.2, 0) is 31.9 Å². The molecule has 42 heavy (non-hydrogen) atoms. The van der Waals surface area contributed by atoms with Gasteiger partial charge in [0.1, 0.15) is 11.4 Å². The smallest absolute Gasteiger partial charge is 0.361 e. The molecular formula is C28H29F6N7O. The van der Waals surface area contributed by atoms with Crippen LogP contribution in [-0.4, -0.2) is 80.8 Å². The summed E-state index contributed by atoms with van der Waals surface area (Å²) in [5, 5.41) is 12.0. The number of carbonyl (C=O) groups is 1. The van der Waals surface area contributed by atoms with Gasteiger partial charge in [-0.25, -0.2) is 0 Å². The van der Waals surface area contributed by atoms with Gasteiger partial charge < -0.3 is 14.8 Å². The number of hydrogen-bond acceptors (Lipinski definition) is 5. The number of amides is 1. The molecule has 0 unspecified atom stereocenters. The minimum atomic E-state index is -5.06. The summed E-state index contributed by atoms with van der Waals surface area (Å²) in [7, 11) is 3.80. The zero-order chi connectivity index (χ0) is 30.2. The van der Waals surface area contributed by atoms with E-state index in [1.54, 1.807) is 0 Å². The molecule has 0 saturated carbocycles. The Bertz CT molecular complexity index is 1530. The summed E-state index contributed by atoms with van der Waals surface area (Å²) in [5.41, 5.74) is -0.456. The third-order valence-electron chi connectivity index (χ3n) is 7.34. The van der Waals surface area contributed by atoms with Crippen LogP contribution in [0.25, 0.3) is 10.9 Å². The lowest BCUT2D eigenvalue weighted by molar-refractivity contribution is -0.143. The number of alkyl halides is 6. The van der Waals surface area contributed by atoms with Gasteiger partial charge in [0.15, 0.2) is 0 Å². The van der Waals surface area contributed by atoms with E-state index in [9.17, 15) is 31.1 Å². The van der Waals surface area contributed by atoms with Gasteiger partial charge in [-0.05, 0) is 50.3 Å². The van der Waals surface area contributed by atoms with Crippen LogP contribution in [0.5, 0.6) is 0 Å². The average molecular weight is 594 g/mol. The Hall–Kier alpha value is -3.91. The Labute approximate surface area is 237 Å². The highest BCUT2D eigenvalue weighted by atomic mass is 19.4. The van der Waals surface area contributed by atoms with Crippen molar-refractivity contribution >= 4 is 16.8 Å². The van der Waals surface area contributed by atoms with E-state index in [1.807, 2.05) is 49.5 Å². The second-order valence-corrected chi connectivity index (χ2v) is 10.7. The number of nitrogens with one attached hydrogen (secondary N) is 2. The highest BCUT2D eigenvalue weighted by molar-refractivity contribution is 5.95. The lowest BCUT2D eigenvalue weighted by atomic mass is 9.98. The van der Waals surface area contributed by atoms with Crippen molar-refractivity contribution in [3.8, 4) is 0 Å². The fourth-order valence-electron chi connectivity index (χ4n) is 5.34. The SMILES string of the molecule is CN(C)Cc1n[nH]nc1CN1CCN(C(=O)c2cc(C(F)(F)F)cc(C(F)(F)F)c2)[C@H](Cc2c[nH]c3ccccc23)C1. The Balaban J connectivity index is 1.47. The standard InChI is InChI=1S/C28H29F6N7O/c1-39(2)15-24-25(37-38-36-24)16-40-7-8-41(21(14-40)11-18-13-35-23-6-4-3-5-22(18)23)26(42)17-9-19(27(29,30)31)12-20(10-17)28(32,33)34/h3-6,9-10,12-13,21,35H,7-8,11,14-16H2,1-2H3,(H,36,37,38)/t21-/m1/s1. The maximum Gasteiger partial charge on any atom is 0.416 e. The van der Waals surface area contributed by atoms with E-state index in [-0.39, 0.29) is 12.6 Å². The summed E-state index contributed by atoms with van der Waals surface area (Å²) >= 11 is 0. The molecule has 2 aromatic carbocycles. The third kappa shape index (κ3) is 6.44. The molecule has 1 aliphatic rings. The lowest BCUT2D eigenvalue weighted by Gasteiger charge is -2.41. The van der Waals surface area contributed by atoms with Crippen LogP contribution >= 0.6 is 0 Å². The van der Waals surface area contributed by atoms with Gasteiger partial charge in [0, 0.05) is 61.4 Å². The molecule has 2 N–H and O–H groups in total. The van der Waals surface area contributed by atoms with E-state index in [4.69, 9.17) is 0 Å². The summed E-state index contributed by atoms with van der Waals surface area (Å²) in [6.07, 6.45) is -7.97. The minimum Gasteiger partial charge on any atom is -0.361 e. The number of nitrogens with zero attached hydrogens (tertiary/aromatic N) is 5. The van der Waals surface area contributed by atoms with E-state index in [0.717, 1.165) is 27.9 Å². The molecule has 1 atom stereocenters. The van der Waals surface area contributed by atoms with Crippen molar-refractivity contribution in [1.29, 1.82) is 0 Å². The number of carbonyl (C=O) groups excluding carboxylic acids is 1. The fraction of sp³-hybridized carbons (Fsp3) is 0.393. The molecule has 0 spiro atoms. The van der Waals surface area contributed by atoms with Crippen molar-refractivity contribution in [1.82, 2.24) is 35.1 Å². The number of rotatable bonds is 7. The van der Waals surface area contributed by atoms with E-state index in [2.05, 4.69) is 25.3 Å². The second kappa shape index (κ2) is 11.4. The fourth-order valence-corrected chi connectivity index (χ4v) is 5.34. The lowest BCUT2D eigenvalue weighted by Crippen LogP contribution is -2.55. The zero-order valence-corrected chi connectivity index (χ0v) is 22.9. The van der Waals surface area contributed by atoms with Crippen LogP contribution in [0.1, 0.15) is 38.4 Å². The Morgan fingerprint density at radius 2 is 1.64 bits per heavy atom. The van der Waals surface area contributed by atoms with Gasteiger partial charge >= 0.3 is 12.4 Å². The number of fused-ring (bicyclic) bond motifs is 1. The Morgan fingerprint density at radius 3 is 2.31 bits per heavy atom. The number of aromatic amines is 2. The van der Waals surface area contributed by atoms with Crippen LogP contribution in [0.3, 0.4) is 0 Å². The van der Waals surface area contributed by atoms with Gasteiger partial charge in [-0.15, -0.1) is 0 Å². The molecule has 0 aliphatic carbocycles. The normalized spacial score (nSPS) is 17.0. The van der Waals surface area contributed by atoms with Crippen molar-refractivity contribution in [2.24, 2.45) is 0 Å². The molecule has 224 valence electrons. The number of para-hydroxylation sites is 1. The van der Waals surface area contributed by atoms with Gasteiger partial charge in [0.2, 0.25) is 0 Å². The molecule has 4 aromatic rings. The molecule has 1 amide bonds. The summed E-state index contributed by atoms with van der Waals surface area (Å²) < 4.78 is 81.3. The number of benzene rings is 2. The number of piperazine rings is 1. The average Bonchev–Trinajstić information content (AvgIpc) is 3.53. The van der Waals surface area contributed by atoms with Crippen LogP contribution in [0, 0.1) is 0 Å². The quantitative estimate of drug-likeness (QED) is 0.296. The van der Waals surface area contributed by atoms with Gasteiger partial charge in [-0.2, -0.15) is 41.8 Å². The van der Waals surface area contributed by atoms with E-state index in [0.29, 0.717) is 44.7 Å². The predicted octanol–water partition coefficient (Wildman–Crippen LogP) is 4.95. The number of hydrogen-bond donors (Lipinski definition) is 2. The van der Waals surface area contributed by atoms with Crippen LogP contribution in [0.15, 0.2) is 48.7 Å². The molecule has 14 heteroatoms. The maximum atomic E-state index is 13.7.